The van der Waals surface area contributed by atoms with Crippen molar-refractivity contribution in [3.63, 3.8) is 0 Å². The minimum Gasteiger partial charge on any atom is -0.481 e. The molecule has 1 aromatic rings. The number of unbranched alkanes of at least 4 members (excludes halogenated alkanes) is 1. The third-order valence-corrected chi connectivity index (χ3v) is 3.75. The molecule has 0 heterocycles. The number of hydrogen-bond donors (Lipinski definition) is 2. The first kappa shape index (κ1) is 15.3. The van der Waals surface area contributed by atoms with Crippen LogP contribution in [0, 0.1) is 5.92 Å². The van der Waals surface area contributed by atoms with Gasteiger partial charge in [-0.3, -0.25) is 9.59 Å². The first-order valence-corrected chi connectivity index (χ1v) is 7.41. The molecule has 2 N–H and O–H groups in total. The molecule has 2 unspecified atom stereocenters. The predicted molar refractivity (Wildman–Crippen MR) is 81.2 cm³/mol. The van der Waals surface area contributed by atoms with Gasteiger partial charge in [-0.25, -0.2) is 0 Å². The van der Waals surface area contributed by atoms with Crippen molar-refractivity contribution in [1.29, 1.82) is 0 Å². The van der Waals surface area contributed by atoms with E-state index in [0.29, 0.717) is 12.0 Å². The topological polar surface area (TPSA) is 66.4 Å². The van der Waals surface area contributed by atoms with Crippen molar-refractivity contribution in [3.05, 3.63) is 47.5 Å². The van der Waals surface area contributed by atoms with Crippen LogP contribution in [0.5, 0.6) is 0 Å². The highest BCUT2D eigenvalue weighted by Crippen LogP contribution is 2.18. The van der Waals surface area contributed by atoms with E-state index in [1.54, 1.807) is 12.2 Å². The monoisotopic (exact) mass is 287 g/mol. The third-order valence-electron chi connectivity index (χ3n) is 3.75. The Bertz CT molecular complexity index is 533. The summed E-state index contributed by atoms with van der Waals surface area (Å²) in [5.41, 5.74) is 1.85. The average Bonchev–Trinajstić information content (AvgIpc) is 2.94. The summed E-state index contributed by atoms with van der Waals surface area (Å²) < 4.78 is 0. The fraction of sp³-hybridized carbons (Fsp3) is 0.412. The summed E-state index contributed by atoms with van der Waals surface area (Å²) in [5.74, 6) is -1.49. The zero-order valence-corrected chi connectivity index (χ0v) is 12.2. The van der Waals surface area contributed by atoms with E-state index in [1.807, 2.05) is 24.3 Å². The summed E-state index contributed by atoms with van der Waals surface area (Å²) in [7, 11) is 0. The van der Waals surface area contributed by atoms with Crippen LogP contribution in [0.2, 0.25) is 0 Å². The van der Waals surface area contributed by atoms with Gasteiger partial charge < -0.3 is 10.4 Å². The lowest BCUT2D eigenvalue weighted by molar-refractivity contribution is -0.140. The number of amides is 1. The van der Waals surface area contributed by atoms with E-state index in [0.717, 1.165) is 19.3 Å². The van der Waals surface area contributed by atoms with Crippen LogP contribution in [0.1, 0.15) is 42.1 Å². The van der Waals surface area contributed by atoms with Gasteiger partial charge >= 0.3 is 5.97 Å². The van der Waals surface area contributed by atoms with Gasteiger partial charge in [0.2, 0.25) is 0 Å². The normalized spacial score (nSPS) is 20.4. The Morgan fingerprint density at radius 2 is 1.95 bits per heavy atom. The molecule has 0 radical (unpaired) electrons. The van der Waals surface area contributed by atoms with E-state index in [1.165, 1.54) is 5.56 Å². The largest absolute Gasteiger partial charge is 0.481 e. The van der Waals surface area contributed by atoms with E-state index >= 15 is 0 Å². The van der Waals surface area contributed by atoms with Crippen LogP contribution in [-0.2, 0) is 11.2 Å². The van der Waals surface area contributed by atoms with Gasteiger partial charge in [-0.1, -0.05) is 37.6 Å². The molecular formula is C17H21NO3. The molecule has 0 spiro atoms. The quantitative estimate of drug-likeness (QED) is 0.791. The average molecular weight is 287 g/mol. The number of aryl methyl sites for hydroxylation is 1. The van der Waals surface area contributed by atoms with Crippen LogP contribution >= 0.6 is 0 Å². The number of rotatable bonds is 6. The first-order valence-electron chi connectivity index (χ1n) is 7.41. The Labute approximate surface area is 124 Å². The summed E-state index contributed by atoms with van der Waals surface area (Å²) in [6.45, 7) is 2.15. The van der Waals surface area contributed by atoms with E-state index in [4.69, 9.17) is 5.11 Å². The van der Waals surface area contributed by atoms with Crippen molar-refractivity contribution < 1.29 is 14.7 Å². The second kappa shape index (κ2) is 7.07. The zero-order valence-electron chi connectivity index (χ0n) is 12.2. The van der Waals surface area contributed by atoms with E-state index in [2.05, 4.69) is 12.2 Å². The van der Waals surface area contributed by atoms with Gasteiger partial charge in [0.15, 0.2) is 0 Å². The first-order chi connectivity index (χ1) is 10.1. The Hall–Kier alpha value is -2.10. The zero-order chi connectivity index (χ0) is 15.2. The van der Waals surface area contributed by atoms with Crippen molar-refractivity contribution >= 4 is 11.9 Å². The van der Waals surface area contributed by atoms with Crippen LogP contribution < -0.4 is 5.32 Å². The maximum Gasteiger partial charge on any atom is 0.310 e. The molecule has 1 aliphatic carbocycles. The number of benzene rings is 1. The molecule has 1 aromatic carbocycles. The number of nitrogens with one attached hydrogen (secondary N) is 1. The molecular weight excluding hydrogens is 266 g/mol. The van der Waals surface area contributed by atoms with Crippen LogP contribution in [0.25, 0.3) is 0 Å². The van der Waals surface area contributed by atoms with Crippen molar-refractivity contribution in [3.8, 4) is 0 Å². The number of carbonyl (C=O) groups excluding carboxylic acids is 1. The summed E-state index contributed by atoms with van der Waals surface area (Å²) in [4.78, 5) is 23.0. The molecule has 0 saturated carbocycles. The number of carboxylic acids is 1. The van der Waals surface area contributed by atoms with Gasteiger partial charge in [0.05, 0.1) is 5.92 Å². The second-order valence-electron chi connectivity index (χ2n) is 5.45. The molecule has 0 saturated heterocycles. The number of carboxylic acid groups (broad SMARTS) is 1. The van der Waals surface area contributed by atoms with Crippen molar-refractivity contribution in [2.75, 3.05) is 0 Å². The highest BCUT2D eigenvalue weighted by Gasteiger charge is 2.25. The maximum atomic E-state index is 12.1. The van der Waals surface area contributed by atoms with Gasteiger partial charge in [0.1, 0.15) is 0 Å². The molecule has 0 fully saturated rings. The highest BCUT2D eigenvalue weighted by molar-refractivity contribution is 5.94. The lowest BCUT2D eigenvalue weighted by Crippen LogP contribution is -2.33. The van der Waals surface area contributed by atoms with Gasteiger partial charge in [-0.2, -0.15) is 0 Å². The molecule has 21 heavy (non-hydrogen) atoms. The maximum absolute atomic E-state index is 12.1. The fourth-order valence-electron chi connectivity index (χ4n) is 2.44. The Kier molecular flexibility index (Phi) is 5.14. The summed E-state index contributed by atoms with van der Waals surface area (Å²) in [6, 6.07) is 7.42. The lowest BCUT2D eigenvalue weighted by Gasteiger charge is -2.12. The van der Waals surface area contributed by atoms with Crippen LogP contribution in [0.3, 0.4) is 0 Å². The highest BCUT2D eigenvalue weighted by atomic mass is 16.4. The molecule has 0 aromatic heterocycles. The summed E-state index contributed by atoms with van der Waals surface area (Å²) >= 11 is 0. The van der Waals surface area contributed by atoms with E-state index < -0.39 is 11.9 Å². The van der Waals surface area contributed by atoms with E-state index in [-0.39, 0.29) is 11.9 Å². The smallest absolute Gasteiger partial charge is 0.310 e. The summed E-state index contributed by atoms with van der Waals surface area (Å²) in [5, 5.41) is 11.8. The minimum absolute atomic E-state index is 0.155. The van der Waals surface area contributed by atoms with Crippen molar-refractivity contribution in [2.45, 2.75) is 38.6 Å². The predicted octanol–water partition coefficient (Wildman–Crippen LogP) is 2.79. The Balaban J connectivity index is 1.89. The van der Waals surface area contributed by atoms with Crippen LogP contribution in [0.15, 0.2) is 36.4 Å². The van der Waals surface area contributed by atoms with Gasteiger partial charge in [0, 0.05) is 11.6 Å². The third kappa shape index (κ3) is 4.18. The van der Waals surface area contributed by atoms with Gasteiger partial charge in [-0.05, 0) is 37.0 Å². The molecule has 4 heteroatoms. The van der Waals surface area contributed by atoms with Gasteiger partial charge in [0.25, 0.3) is 5.91 Å². The fourth-order valence-corrected chi connectivity index (χ4v) is 2.44. The molecule has 2 rings (SSSR count). The number of aliphatic carboxylic acids is 1. The molecule has 1 aliphatic rings. The minimum atomic E-state index is -0.844. The standard InChI is InChI=1S/C17H21NO3/c1-2-3-4-12-5-7-13(8-6-12)16(19)18-15-10-9-14(11-15)17(20)21/h5-10,14-15H,2-4,11H2,1H3,(H,18,19)(H,20,21). The number of carbonyl (C=O) groups is 2. The molecule has 0 aliphatic heterocycles. The van der Waals surface area contributed by atoms with Crippen molar-refractivity contribution in [1.82, 2.24) is 5.32 Å². The Morgan fingerprint density at radius 3 is 2.52 bits per heavy atom. The van der Waals surface area contributed by atoms with E-state index in [9.17, 15) is 9.59 Å². The SMILES string of the molecule is CCCCc1ccc(C(=O)NC2C=CC(C(=O)O)C2)cc1. The lowest BCUT2D eigenvalue weighted by atomic mass is 10.1. The van der Waals surface area contributed by atoms with Crippen LogP contribution in [0.4, 0.5) is 0 Å². The second-order valence-corrected chi connectivity index (χ2v) is 5.45. The van der Waals surface area contributed by atoms with Crippen molar-refractivity contribution in [2.24, 2.45) is 5.92 Å². The number of hydrogen-bond acceptors (Lipinski definition) is 2. The molecule has 4 nitrogen and oxygen atoms in total. The molecule has 2 atom stereocenters. The van der Waals surface area contributed by atoms with Crippen LogP contribution in [-0.4, -0.2) is 23.0 Å². The molecule has 0 bridgehead atoms. The molecule has 1 amide bonds. The molecule has 112 valence electrons. The van der Waals surface area contributed by atoms with Gasteiger partial charge in [-0.15, -0.1) is 0 Å². The Morgan fingerprint density at radius 1 is 1.24 bits per heavy atom. The summed E-state index contributed by atoms with van der Waals surface area (Å²) in [6.07, 6.45) is 7.16.